The fourth-order valence-corrected chi connectivity index (χ4v) is 3.03. The number of amides is 2. The Balaban J connectivity index is 1.62. The van der Waals surface area contributed by atoms with Crippen molar-refractivity contribution in [1.82, 2.24) is 20.2 Å². The summed E-state index contributed by atoms with van der Waals surface area (Å²) in [6, 6.07) is 5.16. The highest BCUT2D eigenvalue weighted by Gasteiger charge is 2.28. The van der Waals surface area contributed by atoms with Crippen LogP contribution in [0.1, 0.15) is 30.1 Å². The Hall–Kier alpha value is -2.70. The number of hydrogen-bond acceptors (Lipinski definition) is 5. The minimum atomic E-state index is -0.171. The number of nitrogens with two attached hydrogens (primary N) is 1. The van der Waals surface area contributed by atoms with Crippen LogP contribution in [-0.2, 0) is 4.79 Å². The molecule has 1 unspecified atom stereocenters. The van der Waals surface area contributed by atoms with Crippen molar-refractivity contribution in [2.75, 3.05) is 25.4 Å². The molecule has 1 aromatic heterocycles. The first-order valence-electron chi connectivity index (χ1n) is 8.14. The van der Waals surface area contributed by atoms with Gasteiger partial charge in [0.2, 0.25) is 5.91 Å². The summed E-state index contributed by atoms with van der Waals surface area (Å²) >= 11 is 0. The molecule has 1 saturated heterocycles. The van der Waals surface area contributed by atoms with Crippen molar-refractivity contribution in [2.24, 2.45) is 5.92 Å². The zero-order valence-electron chi connectivity index (χ0n) is 13.7. The summed E-state index contributed by atoms with van der Waals surface area (Å²) in [6.45, 7) is 4.05. The van der Waals surface area contributed by atoms with Gasteiger partial charge in [-0.3, -0.25) is 9.59 Å². The molecule has 7 nitrogen and oxygen atoms in total. The number of nitrogens with one attached hydrogen (secondary N) is 1. The molecule has 2 amide bonds. The van der Waals surface area contributed by atoms with Crippen molar-refractivity contribution in [3.63, 3.8) is 0 Å². The average molecular weight is 327 g/mol. The van der Waals surface area contributed by atoms with Crippen LogP contribution in [-0.4, -0.2) is 46.3 Å². The largest absolute Gasteiger partial charge is 0.383 e. The lowest BCUT2D eigenvalue weighted by Crippen LogP contribution is -2.31. The van der Waals surface area contributed by atoms with E-state index in [2.05, 4.69) is 22.2 Å². The lowest BCUT2D eigenvalue weighted by molar-refractivity contribution is -0.127. The second kappa shape index (κ2) is 6.82. The highest BCUT2D eigenvalue weighted by Crippen LogP contribution is 2.19. The molecule has 3 rings (SSSR count). The molecule has 0 saturated carbocycles. The number of nitrogen functional groups attached to an aromatic ring is 1. The third-order valence-corrected chi connectivity index (χ3v) is 4.27. The van der Waals surface area contributed by atoms with Gasteiger partial charge in [0.15, 0.2) is 0 Å². The summed E-state index contributed by atoms with van der Waals surface area (Å²) in [4.78, 5) is 34.1. The second-order valence-corrected chi connectivity index (χ2v) is 6.11. The maximum Gasteiger partial charge on any atom is 0.251 e. The summed E-state index contributed by atoms with van der Waals surface area (Å²) in [5.74, 6) is 0.573. The number of carbonyl (C=O) groups is 2. The fourth-order valence-electron chi connectivity index (χ4n) is 3.03. The van der Waals surface area contributed by atoms with Gasteiger partial charge < -0.3 is 16.0 Å². The van der Waals surface area contributed by atoms with Gasteiger partial charge in [0.25, 0.3) is 5.91 Å². The maximum absolute atomic E-state index is 12.3. The van der Waals surface area contributed by atoms with Crippen molar-refractivity contribution >= 4 is 28.5 Å². The molecule has 0 spiro atoms. The van der Waals surface area contributed by atoms with Crippen LogP contribution < -0.4 is 11.1 Å². The second-order valence-electron chi connectivity index (χ2n) is 6.11. The van der Waals surface area contributed by atoms with Crippen LogP contribution in [0.25, 0.3) is 10.9 Å². The molecule has 0 bridgehead atoms. The van der Waals surface area contributed by atoms with Gasteiger partial charge in [-0.15, -0.1) is 0 Å². The van der Waals surface area contributed by atoms with E-state index >= 15 is 0 Å². The van der Waals surface area contributed by atoms with Crippen LogP contribution in [0.2, 0.25) is 0 Å². The highest BCUT2D eigenvalue weighted by molar-refractivity contribution is 5.99. The Labute approximate surface area is 140 Å². The predicted octanol–water partition coefficient (Wildman–Crippen LogP) is 1.20. The number of nitrogens with zero attached hydrogens (tertiary/aromatic N) is 3. The number of likely N-dealkylation sites (tertiary alicyclic amines) is 1. The topological polar surface area (TPSA) is 101 Å². The minimum Gasteiger partial charge on any atom is -0.383 e. The van der Waals surface area contributed by atoms with Crippen LogP contribution in [0.3, 0.4) is 0 Å². The Morgan fingerprint density at radius 3 is 3.04 bits per heavy atom. The zero-order chi connectivity index (χ0) is 17.1. The van der Waals surface area contributed by atoms with E-state index in [9.17, 15) is 9.59 Å². The standard InChI is InChI=1S/C17H21N5O2/c1-2-5-22-9-11(6-15(22)23)8-19-17(24)12-3-4-13-14(7-12)20-10-21-16(13)18/h3-4,7,10-11H,2,5-6,8-9H2,1H3,(H,19,24)(H2,18,20,21). The van der Waals surface area contributed by atoms with Crippen LogP contribution in [0, 0.1) is 5.92 Å². The molecule has 24 heavy (non-hydrogen) atoms. The van der Waals surface area contributed by atoms with Gasteiger partial charge in [-0.05, 0) is 24.6 Å². The quantitative estimate of drug-likeness (QED) is 0.859. The Morgan fingerprint density at radius 1 is 1.42 bits per heavy atom. The number of fused-ring (bicyclic) bond motifs is 1. The molecule has 7 heteroatoms. The first-order chi connectivity index (χ1) is 11.6. The molecule has 0 aliphatic carbocycles. The van der Waals surface area contributed by atoms with E-state index in [1.165, 1.54) is 6.33 Å². The van der Waals surface area contributed by atoms with E-state index in [0.717, 1.165) is 18.4 Å². The number of hydrogen-bond donors (Lipinski definition) is 2. The lowest BCUT2D eigenvalue weighted by Gasteiger charge is -2.15. The van der Waals surface area contributed by atoms with E-state index in [4.69, 9.17) is 5.73 Å². The minimum absolute atomic E-state index is 0.171. The van der Waals surface area contributed by atoms with E-state index in [1.807, 2.05) is 4.90 Å². The van der Waals surface area contributed by atoms with Crippen molar-refractivity contribution in [1.29, 1.82) is 0 Å². The van der Waals surface area contributed by atoms with Gasteiger partial charge in [0.1, 0.15) is 12.1 Å². The number of carbonyl (C=O) groups excluding carboxylic acids is 2. The molecule has 126 valence electrons. The normalized spacial score (nSPS) is 17.5. The molecule has 1 fully saturated rings. The molecule has 1 aliphatic heterocycles. The third kappa shape index (κ3) is 3.29. The van der Waals surface area contributed by atoms with Gasteiger partial charge in [-0.25, -0.2) is 9.97 Å². The van der Waals surface area contributed by atoms with Crippen molar-refractivity contribution < 1.29 is 9.59 Å². The number of anilines is 1. The smallest absolute Gasteiger partial charge is 0.251 e. The van der Waals surface area contributed by atoms with Crippen molar-refractivity contribution in [2.45, 2.75) is 19.8 Å². The predicted molar refractivity (Wildman–Crippen MR) is 91.3 cm³/mol. The molecule has 1 atom stereocenters. The number of rotatable bonds is 5. The van der Waals surface area contributed by atoms with E-state index in [-0.39, 0.29) is 17.7 Å². The van der Waals surface area contributed by atoms with Crippen LogP contribution in [0.4, 0.5) is 5.82 Å². The van der Waals surface area contributed by atoms with E-state index in [0.29, 0.717) is 36.4 Å². The van der Waals surface area contributed by atoms with Crippen LogP contribution in [0.15, 0.2) is 24.5 Å². The first-order valence-corrected chi connectivity index (χ1v) is 8.14. The monoisotopic (exact) mass is 327 g/mol. The van der Waals surface area contributed by atoms with Crippen LogP contribution >= 0.6 is 0 Å². The Kier molecular flexibility index (Phi) is 4.59. The maximum atomic E-state index is 12.3. The zero-order valence-corrected chi connectivity index (χ0v) is 13.7. The number of benzene rings is 1. The summed E-state index contributed by atoms with van der Waals surface area (Å²) in [5, 5.41) is 3.64. The fraction of sp³-hybridized carbons (Fsp3) is 0.412. The molecule has 1 aromatic carbocycles. The summed E-state index contributed by atoms with van der Waals surface area (Å²) in [5.41, 5.74) is 6.95. The molecule has 3 N–H and O–H groups in total. The summed E-state index contributed by atoms with van der Waals surface area (Å²) in [7, 11) is 0. The van der Waals surface area contributed by atoms with E-state index < -0.39 is 0 Å². The first kappa shape index (κ1) is 16.2. The lowest BCUT2D eigenvalue weighted by atomic mass is 10.1. The number of aromatic nitrogens is 2. The van der Waals surface area contributed by atoms with Gasteiger partial charge in [0, 0.05) is 42.9 Å². The summed E-state index contributed by atoms with van der Waals surface area (Å²) in [6.07, 6.45) is 2.83. The van der Waals surface area contributed by atoms with Gasteiger partial charge >= 0.3 is 0 Å². The average Bonchev–Trinajstić information content (AvgIpc) is 2.93. The Morgan fingerprint density at radius 2 is 2.25 bits per heavy atom. The summed E-state index contributed by atoms with van der Waals surface area (Å²) < 4.78 is 0. The Bertz CT molecular complexity index is 777. The molecule has 0 radical (unpaired) electrons. The van der Waals surface area contributed by atoms with Crippen molar-refractivity contribution in [3.8, 4) is 0 Å². The highest BCUT2D eigenvalue weighted by atomic mass is 16.2. The van der Waals surface area contributed by atoms with E-state index in [1.54, 1.807) is 18.2 Å². The van der Waals surface area contributed by atoms with Crippen LogP contribution in [0.5, 0.6) is 0 Å². The third-order valence-electron chi connectivity index (χ3n) is 4.27. The van der Waals surface area contributed by atoms with Gasteiger partial charge in [0.05, 0.1) is 5.52 Å². The van der Waals surface area contributed by atoms with Gasteiger partial charge in [-0.1, -0.05) is 6.92 Å². The molecule has 2 heterocycles. The molecule has 1 aliphatic rings. The SMILES string of the molecule is CCCN1CC(CNC(=O)c2ccc3c(N)ncnc3c2)CC1=O. The molecule has 2 aromatic rings. The van der Waals surface area contributed by atoms with Crippen molar-refractivity contribution in [3.05, 3.63) is 30.1 Å². The molecular formula is C17H21N5O2. The van der Waals surface area contributed by atoms with Gasteiger partial charge in [-0.2, -0.15) is 0 Å². The molecular weight excluding hydrogens is 306 g/mol.